The van der Waals surface area contributed by atoms with Gasteiger partial charge in [-0.05, 0) is 29.3 Å². The maximum absolute atomic E-state index is 5.19. The largest absolute Gasteiger partial charge is 0.465 e. The molecule has 0 radical (unpaired) electrons. The van der Waals surface area contributed by atoms with Crippen LogP contribution in [0.25, 0.3) is 18.2 Å². The monoisotopic (exact) mass is 222 g/mol. The van der Waals surface area contributed by atoms with E-state index in [9.17, 15) is 0 Å². The molecule has 0 amide bonds. The summed E-state index contributed by atoms with van der Waals surface area (Å²) in [6.45, 7) is 3.79. The summed E-state index contributed by atoms with van der Waals surface area (Å²) >= 11 is 0. The summed E-state index contributed by atoms with van der Waals surface area (Å²) in [5.74, 6) is 0.853. The molecule has 0 saturated carbocycles. The van der Waals surface area contributed by atoms with Crippen molar-refractivity contribution in [2.45, 2.75) is 0 Å². The highest BCUT2D eigenvalue weighted by Gasteiger charge is 1.91. The fourth-order valence-corrected chi connectivity index (χ4v) is 1.54. The van der Waals surface area contributed by atoms with Crippen molar-refractivity contribution in [2.75, 3.05) is 0 Å². The number of benzene rings is 1. The Bertz CT molecular complexity index is 530. The molecule has 1 aromatic carbocycles. The van der Waals surface area contributed by atoms with Gasteiger partial charge in [-0.25, -0.2) is 0 Å². The van der Waals surface area contributed by atoms with Crippen molar-refractivity contribution < 1.29 is 4.42 Å². The van der Waals surface area contributed by atoms with Crippen molar-refractivity contribution in [3.63, 3.8) is 0 Å². The molecule has 0 atom stereocenters. The molecule has 2 aromatic rings. The summed E-state index contributed by atoms with van der Waals surface area (Å²) in [5, 5.41) is 0. The molecular formula is C16H14O. The normalized spacial score (nSPS) is 11.3. The van der Waals surface area contributed by atoms with Crippen LogP contribution in [0.2, 0.25) is 0 Å². The van der Waals surface area contributed by atoms with E-state index >= 15 is 0 Å². The van der Waals surface area contributed by atoms with Crippen LogP contribution < -0.4 is 0 Å². The second kappa shape index (κ2) is 5.71. The SMILES string of the molecule is C=Cc1ccccc1/C=C/C=C/c1ccco1. The summed E-state index contributed by atoms with van der Waals surface area (Å²) in [4.78, 5) is 0. The lowest BCUT2D eigenvalue weighted by molar-refractivity contribution is 0.557. The Hall–Kier alpha value is -2.28. The lowest BCUT2D eigenvalue weighted by Crippen LogP contribution is -1.77. The fourth-order valence-electron chi connectivity index (χ4n) is 1.54. The van der Waals surface area contributed by atoms with Gasteiger partial charge in [0.15, 0.2) is 0 Å². The Balaban J connectivity index is 2.08. The fraction of sp³-hybridized carbons (Fsp3) is 0. The van der Waals surface area contributed by atoms with Crippen molar-refractivity contribution in [1.29, 1.82) is 0 Å². The maximum Gasteiger partial charge on any atom is 0.126 e. The quantitative estimate of drug-likeness (QED) is 0.686. The first-order valence-electron chi connectivity index (χ1n) is 5.50. The van der Waals surface area contributed by atoms with Gasteiger partial charge in [-0.2, -0.15) is 0 Å². The van der Waals surface area contributed by atoms with Crippen molar-refractivity contribution in [3.8, 4) is 0 Å². The Labute approximate surface area is 101 Å². The van der Waals surface area contributed by atoms with Gasteiger partial charge in [0.1, 0.15) is 5.76 Å². The highest BCUT2D eigenvalue weighted by Crippen LogP contribution is 2.12. The molecular weight excluding hydrogens is 208 g/mol. The average molecular weight is 222 g/mol. The summed E-state index contributed by atoms with van der Waals surface area (Å²) in [6, 6.07) is 11.9. The molecule has 0 aliphatic heterocycles. The van der Waals surface area contributed by atoms with Crippen molar-refractivity contribution in [3.05, 3.63) is 78.3 Å². The van der Waals surface area contributed by atoms with Crippen molar-refractivity contribution in [1.82, 2.24) is 0 Å². The van der Waals surface area contributed by atoms with E-state index in [1.165, 1.54) is 0 Å². The first-order valence-corrected chi connectivity index (χ1v) is 5.50. The van der Waals surface area contributed by atoms with Gasteiger partial charge >= 0.3 is 0 Å². The van der Waals surface area contributed by atoms with E-state index in [1.54, 1.807) is 6.26 Å². The third-order valence-corrected chi connectivity index (χ3v) is 2.41. The third-order valence-electron chi connectivity index (χ3n) is 2.41. The Morgan fingerprint density at radius 3 is 2.35 bits per heavy atom. The molecule has 0 N–H and O–H groups in total. The van der Waals surface area contributed by atoms with Crippen LogP contribution in [-0.2, 0) is 0 Å². The number of allylic oxidation sites excluding steroid dienone is 2. The van der Waals surface area contributed by atoms with E-state index in [0.717, 1.165) is 16.9 Å². The molecule has 1 nitrogen and oxygen atoms in total. The first kappa shape index (κ1) is 11.2. The van der Waals surface area contributed by atoms with Gasteiger partial charge in [-0.3, -0.25) is 0 Å². The van der Waals surface area contributed by atoms with E-state index < -0.39 is 0 Å². The Morgan fingerprint density at radius 1 is 0.882 bits per heavy atom. The number of furan rings is 1. The van der Waals surface area contributed by atoms with E-state index in [4.69, 9.17) is 4.42 Å². The summed E-state index contributed by atoms with van der Waals surface area (Å²) in [5.41, 5.74) is 2.29. The van der Waals surface area contributed by atoms with Crippen LogP contribution in [0.5, 0.6) is 0 Å². The molecule has 0 bridgehead atoms. The van der Waals surface area contributed by atoms with Crippen LogP contribution in [0.15, 0.2) is 65.8 Å². The Morgan fingerprint density at radius 2 is 1.65 bits per heavy atom. The molecule has 2 rings (SSSR count). The van der Waals surface area contributed by atoms with E-state index in [2.05, 4.69) is 18.7 Å². The maximum atomic E-state index is 5.19. The average Bonchev–Trinajstić information content (AvgIpc) is 2.88. The molecule has 0 unspecified atom stereocenters. The number of hydrogen-bond acceptors (Lipinski definition) is 1. The minimum Gasteiger partial charge on any atom is -0.465 e. The predicted molar refractivity (Wildman–Crippen MR) is 73.3 cm³/mol. The van der Waals surface area contributed by atoms with Gasteiger partial charge in [0, 0.05) is 0 Å². The Kier molecular flexibility index (Phi) is 3.77. The minimum absolute atomic E-state index is 0.853. The van der Waals surface area contributed by atoms with Gasteiger partial charge in [-0.1, -0.05) is 55.1 Å². The van der Waals surface area contributed by atoms with Crippen LogP contribution in [0.3, 0.4) is 0 Å². The van der Waals surface area contributed by atoms with Crippen LogP contribution in [-0.4, -0.2) is 0 Å². The second-order valence-electron chi connectivity index (χ2n) is 3.57. The van der Waals surface area contributed by atoms with Gasteiger partial charge in [0.2, 0.25) is 0 Å². The van der Waals surface area contributed by atoms with E-state index in [-0.39, 0.29) is 0 Å². The first-order chi connectivity index (χ1) is 8.40. The summed E-state index contributed by atoms with van der Waals surface area (Å²) in [7, 11) is 0. The molecule has 17 heavy (non-hydrogen) atoms. The molecule has 1 aromatic heterocycles. The van der Waals surface area contributed by atoms with Gasteiger partial charge in [0.25, 0.3) is 0 Å². The van der Waals surface area contributed by atoms with Gasteiger partial charge in [-0.15, -0.1) is 0 Å². The number of hydrogen-bond donors (Lipinski definition) is 0. The zero-order chi connectivity index (χ0) is 11.9. The van der Waals surface area contributed by atoms with Crippen LogP contribution in [0, 0.1) is 0 Å². The molecule has 0 aliphatic carbocycles. The summed E-state index contributed by atoms with van der Waals surface area (Å²) < 4.78 is 5.19. The predicted octanol–water partition coefficient (Wildman–Crippen LogP) is 4.65. The minimum atomic E-state index is 0.853. The van der Waals surface area contributed by atoms with E-state index in [1.807, 2.05) is 54.6 Å². The molecule has 84 valence electrons. The van der Waals surface area contributed by atoms with Crippen molar-refractivity contribution in [2.24, 2.45) is 0 Å². The molecule has 0 aliphatic rings. The highest BCUT2D eigenvalue weighted by molar-refractivity contribution is 5.65. The molecule has 1 heterocycles. The van der Waals surface area contributed by atoms with Crippen LogP contribution in [0.4, 0.5) is 0 Å². The lowest BCUT2D eigenvalue weighted by Gasteiger charge is -1.97. The smallest absolute Gasteiger partial charge is 0.126 e. The van der Waals surface area contributed by atoms with E-state index in [0.29, 0.717) is 0 Å². The standard InChI is InChI=1S/C16H14O/c1-2-14-8-3-4-9-15(14)10-5-6-11-16-12-7-13-17-16/h2-13H,1H2/b10-5+,11-6+. The second-order valence-corrected chi connectivity index (χ2v) is 3.57. The van der Waals surface area contributed by atoms with Gasteiger partial charge in [0.05, 0.1) is 6.26 Å². The number of rotatable bonds is 4. The molecule has 0 fully saturated rings. The molecule has 0 spiro atoms. The lowest BCUT2D eigenvalue weighted by atomic mass is 10.1. The topological polar surface area (TPSA) is 13.1 Å². The summed E-state index contributed by atoms with van der Waals surface area (Å²) in [6.07, 6.45) is 11.4. The van der Waals surface area contributed by atoms with Crippen molar-refractivity contribution >= 4 is 18.2 Å². The van der Waals surface area contributed by atoms with Crippen LogP contribution >= 0.6 is 0 Å². The van der Waals surface area contributed by atoms with Crippen LogP contribution in [0.1, 0.15) is 16.9 Å². The molecule has 0 saturated heterocycles. The zero-order valence-electron chi connectivity index (χ0n) is 9.54. The third kappa shape index (κ3) is 3.08. The zero-order valence-corrected chi connectivity index (χ0v) is 9.54. The highest BCUT2D eigenvalue weighted by atomic mass is 16.3. The molecule has 1 heteroatoms. The van der Waals surface area contributed by atoms with Gasteiger partial charge < -0.3 is 4.42 Å².